The minimum atomic E-state index is -0.292. The SMILES string of the molecule is CCOC1(OCC)C[C@@]2(C)CC[C@H]1C2(C)C. The largest absolute Gasteiger partial charge is 0.350 e. The third-order valence-electron chi connectivity index (χ3n) is 5.36. The molecule has 2 aliphatic rings. The molecule has 0 unspecified atom stereocenters. The Bertz CT molecular complexity index is 263. The van der Waals surface area contributed by atoms with Crippen LogP contribution in [0.25, 0.3) is 0 Å². The van der Waals surface area contributed by atoms with Crippen LogP contribution in [0.15, 0.2) is 0 Å². The molecule has 2 atom stereocenters. The van der Waals surface area contributed by atoms with E-state index in [2.05, 4.69) is 34.6 Å². The summed E-state index contributed by atoms with van der Waals surface area (Å²) in [5.74, 6) is 0.268. The topological polar surface area (TPSA) is 18.5 Å². The van der Waals surface area contributed by atoms with Gasteiger partial charge in [0.2, 0.25) is 0 Å². The Hall–Kier alpha value is -0.0800. The van der Waals surface area contributed by atoms with Gasteiger partial charge in [0.05, 0.1) is 0 Å². The second kappa shape index (κ2) is 3.71. The Morgan fingerprint density at radius 1 is 1.06 bits per heavy atom. The normalized spacial score (nSPS) is 39.2. The maximum Gasteiger partial charge on any atom is 0.172 e. The highest BCUT2D eigenvalue weighted by atomic mass is 16.7. The summed E-state index contributed by atoms with van der Waals surface area (Å²) >= 11 is 0. The first-order valence-corrected chi connectivity index (χ1v) is 6.70. The summed E-state index contributed by atoms with van der Waals surface area (Å²) in [4.78, 5) is 0. The van der Waals surface area contributed by atoms with E-state index in [9.17, 15) is 0 Å². The third-order valence-corrected chi connectivity index (χ3v) is 5.36. The molecule has 0 aliphatic heterocycles. The van der Waals surface area contributed by atoms with Gasteiger partial charge in [-0.3, -0.25) is 0 Å². The van der Waals surface area contributed by atoms with Crippen molar-refractivity contribution in [3.63, 3.8) is 0 Å². The van der Waals surface area contributed by atoms with Crippen LogP contribution in [0.2, 0.25) is 0 Å². The van der Waals surface area contributed by atoms with E-state index in [4.69, 9.17) is 9.47 Å². The van der Waals surface area contributed by atoms with Crippen LogP contribution in [0.3, 0.4) is 0 Å². The summed E-state index contributed by atoms with van der Waals surface area (Å²) in [6, 6.07) is 0. The molecule has 2 heteroatoms. The number of hydrogen-bond acceptors (Lipinski definition) is 2. The summed E-state index contributed by atoms with van der Waals surface area (Å²) in [5.41, 5.74) is 0.735. The smallest absolute Gasteiger partial charge is 0.172 e. The third kappa shape index (κ3) is 1.39. The quantitative estimate of drug-likeness (QED) is 0.682. The summed E-state index contributed by atoms with van der Waals surface area (Å²) in [5, 5.41) is 0. The van der Waals surface area contributed by atoms with Gasteiger partial charge < -0.3 is 9.47 Å². The van der Waals surface area contributed by atoms with E-state index in [0.717, 1.165) is 19.6 Å². The first kappa shape index (κ1) is 12.4. The molecule has 94 valence electrons. The van der Waals surface area contributed by atoms with Gasteiger partial charge in [0.25, 0.3) is 0 Å². The zero-order valence-electron chi connectivity index (χ0n) is 11.4. The highest BCUT2D eigenvalue weighted by Gasteiger charge is 2.68. The molecule has 16 heavy (non-hydrogen) atoms. The van der Waals surface area contributed by atoms with E-state index in [-0.39, 0.29) is 5.79 Å². The maximum atomic E-state index is 6.04. The van der Waals surface area contributed by atoms with Crippen LogP contribution in [0, 0.1) is 16.7 Å². The molecule has 0 aromatic rings. The average molecular weight is 226 g/mol. The lowest BCUT2D eigenvalue weighted by Crippen LogP contribution is -2.43. The molecule has 2 nitrogen and oxygen atoms in total. The molecule has 0 aromatic carbocycles. The van der Waals surface area contributed by atoms with Gasteiger partial charge in [-0.25, -0.2) is 0 Å². The molecule has 0 heterocycles. The van der Waals surface area contributed by atoms with Crippen molar-refractivity contribution in [2.45, 2.75) is 59.7 Å². The Balaban J connectivity index is 2.31. The molecule has 2 bridgehead atoms. The zero-order chi connectivity index (χ0) is 12.0. The predicted molar refractivity (Wildman–Crippen MR) is 65.2 cm³/mol. The van der Waals surface area contributed by atoms with E-state index >= 15 is 0 Å². The van der Waals surface area contributed by atoms with Crippen molar-refractivity contribution in [2.75, 3.05) is 13.2 Å². The van der Waals surface area contributed by atoms with Gasteiger partial charge in [-0.1, -0.05) is 20.8 Å². The molecule has 2 fully saturated rings. The molecule has 2 rings (SSSR count). The maximum absolute atomic E-state index is 6.04. The van der Waals surface area contributed by atoms with Crippen LogP contribution in [0.4, 0.5) is 0 Å². The van der Waals surface area contributed by atoms with E-state index in [1.165, 1.54) is 12.8 Å². The number of fused-ring (bicyclic) bond motifs is 2. The molecule has 0 amide bonds. The number of ether oxygens (including phenoxy) is 2. The minimum absolute atomic E-state index is 0.292. The molecular weight excluding hydrogens is 200 g/mol. The molecule has 2 saturated carbocycles. The van der Waals surface area contributed by atoms with Gasteiger partial charge in [-0.15, -0.1) is 0 Å². The van der Waals surface area contributed by atoms with Crippen LogP contribution < -0.4 is 0 Å². The summed E-state index contributed by atoms with van der Waals surface area (Å²) in [6.45, 7) is 12.8. The first-order valence-electron chi connectivity index (χ1n) is 6.70. The van der Waals surface area contributed by atoms with Gasteiger partial charge in [0.1, 0.15) is 0 Å². The van der Waals surface area contributed by atoms with Crippen molar-refractivity contribution in [1.29, 1.82) is 0 Å². The van der Waals surface area contributed by atoms with Crippen LogP contribution in [-0.2, 0) is 9.47 Å². The molecular formula is C14H26O2. The predicted octanol–water partition coefficient (Wildman–Crippen LogP) is 3.60. The molecule has 0 saturated heterocycles. The lowest BCUT2D eigenvalue weighted by molar-refractivity contribution is -0.266. The van der Waals surface area contributed by atoms with Crippen LogP contribution in [0.5, 0.6) is 0 Å². The van der Waals surface area contributed by atoms with Gasteiger partial charge >= 0.3 is 0 Å². The Labute approximate surface area is 99.7 Å². The molecule has 0 spiro atoms. The van der Waals surface area contributed by atoms with E-state index < -0.39 is 0 Å². The lowest BCUT2D eigenvalue weighted by atomic mass is 9.71. The Morgan fingerprint density at radius 3 is 1.94 bits per heavy atom. The zero-order valence-corrected chi connectivity index (χ0v) is 11.4. The number of hydrogen-bond donors (Lipinski definition) is 0. The Morgan fingerprint density at radius 2 is 1.62 bits per heavy atom. The van der Waals surface area contributed by atoms with E-state index in [1.54, 1.807) is 0 Å². The van der Waals surface area contributed by atoms with Crippen molar-refractivity contribution >= 4 is 0 Å². The Kier molecular flexibility index (Phi) is 2.87. The first-order chi connectivity index (χ1) is 7.42. The van der Waals surface area contributed by atoms with Crippen molar-refractivity contribution in [2.24, 2.45) is 16.7 Å². The van der Waals surface area contributed by atoms with E-state index in [0.29, 0.717) is 16.7 Å². The van der Waals surface area contributed by atoms with Gasteiger partial charge in [0, 0.05) is 25.6 Å². The fraction of sp³-hybridized carbons (Fsp3) is 1.00. The average Bonchev–Trinajstić information content (AvgIpc) is 2.47. The van der Waals surface area contributed by atoms with Crippen molar-refractivity contribution in [3.05, 3.63) is 0 Å². The van der Waals surface area contributed by atoms with E-state index in [1.807, 2.05) is 0 Å². The molecule has 0 aromatic heterocycles. The van der Waals surface area contributed by atoms with Crippen molar-refractivity contribution < 1.29 is 9.47 Å². The van der Waals surface area contributed by atoms with Crippen molar-refractivity contribution in [3.8, 4) is 0 Å². The second-order valence-electron chi connectivity index (χ2n) is 6.23. The number of rotatable bonds is 4. The van der Waals surface area contributed by atoms with Crippen LogP contribution in [0.1, 0.15) is 53.9 Å². The fourth-order valence-electron chi connectivity index (χ4n) is 4.15. The highest BCUT2D eigenvalue weighted by molar-refractivity contribution is 5.13. The minimum Gasteiger partial charge on any atom is -0.350 e. The summed E-state index contributed by atoms with van der Waals surface area (Å²) in [6.07, 6.45) is 3.65. The van der Waals surface area contributed by atoms with Gasteiger partial charge in [-0.2, -0.15) is 0 Å². The fourth-order valence-corrected chi connectivity index (χ4v) is 4.15. The van der Waals surface area contributed by atoms with Crippen LogP contribution in [-0.4, -0.2) is 19.0 Å². The monoisotopic (exact) mass is 226 g/mol. The second-order valence-corrected chi connectivity index (χ2v) is 6.23. The van der Waals surface area contributed by atoms with Crippen molar-refractivity contribution in [1.82, 2.24) is 0 Å². The molecule has 0 N–H and O–H groups in total. The summed E-state index contributed by atoms with van der Waals surface area (Å²) < 4.78 is 12.1. The standard InChI is InChI=1S/C14H26O2/c1-6-15-14(16-7-2)10-13(5)9-8-11(14)12(13,3)4/h11H,6-10H2,1-5H3/t11-,13+/m0/s1. The molecule has 0 radical (unpaired) electrons. The highest BCUT2D eigenvalue weighted by Crippen LogP contribution is 2.70. The van der Waals surface area contributed by atoms with Crippen LogP contribution >= 0.6 is 0 Å². The molecule has 2 aliphatic carbocycles. The summed E-state index contributed by atoms with van der Waals surface area (Å²) in [7, 11) is 0. The van der Waals surface area contributed by atoms with Gasteiger partial charge in [0.15, 0.2) is 5.79 Å². The van der Waals surface area contributed by atoms with Gasteiger partial charge in [-0.05, 0) is 37.5 Å². The lowest BCUT2D eigenvalue weighted by Gasteiger charge is -2.38.